The van der Waals surface area contributed by atoms with Gasteiger partial charge in [-0.15, -0.1) is 0 Å². The van der Waals surface area contributed by atoms with Crippen LogP contribution in [0.3, 0.4) is 0 Å². The Kier molecular flexibility index (Phi) is 5.61. The molecule has 0 bridgehead atoms. The number of anilines is 1. The Labute approximate surface area is 125 Å². The van der Waals surface area contributed by atoms with E-state index in [1.54, 1.807) is 0 Å². The van der Waals surface area contributed by atoms with E-state index in [4.69, 9.17) is 4.98 Å². The number of hydrogen-bond donors (Lipinski definition) is 0. The van der Waals surface area contributed by atoms with E-state index in [1.807, 2.05) is 0 Å². The maximum atomic E-state index is 4.77. The summed E-state index contributed by atoms with van der Waals surface area (Å²) in [5.74, 6) is 2.07. The summed E-state index contributed by atoms with van der Waals surface area (Å²) in [4.78, 5) is 11.7. The van der Waals surface area contributed by atoms with Crippen molar-refractivity contribution in [2.75, 3.05) is 11.4 Å². The van der Waals surface area contributed by atoms with Crippen LogP contribution in [0.4, 0.5) is 5.82 Å². The molecule has 1 aromatic heterocycles. The second-order valence-corrected chi connectivity index (χ2v) is 6.13. The van der Waals surface area contributed by atoms with Crippen LogP contribution >= 0.6 is 15.9 Å². The van der Waals surface area contributed by atoms with Gasteiger partial charge in [0.05, 0.1) is 0 Å². The Bertz CT molecular complexity index is 408. The van der Waals surface area contributed by atoms with Gasteiger partial charge in [-0.05, 0) is 41.6 Å². The smallest absolute Gasteiger partial charge is 0.133 e. The molecule has 1 atom stereocenters. The van der Waals surface area contributed by atoms with E-state index in [0.717, 1.165) is 35.6 Å². The standard InChI is InChI=1S/C15H24BrN3/c1-3-8-14-17-13(16)11-15(18-14)19-10-7-5-6-9-12(19)4-2/h11-12H,3-10H2,1-2H3. The predicted octanol–water partition coefficient (Wildman–Crippen LogP) is 4.35. The summed E-state index contributed by atoms with van der Waals surface area (Å²) in [6, 6.07) is 2.71. The zero-order chi connectivity index (χ0) is 13.7. The molecule has 1 saturated heterocycles. The van der Waals surface area contributed by atoms with Crippen LogP contribution in [-0.4, -0.2) is 22.6 Å². The molecule has 1 unspecified atom stereocenters. The van der Waals surface area contributed by atoms with Gasteiger partial charge < -0.3 is 4.90 Å². The van der Waals surface area contributed by atoms with E-state index in [2.05, 4.69) is 45.7 Å². The third-order valence-corrected chi connectivity index (χ3v) is 4.25. The van der Waals surface area contributed by atoms with Gasteiger partial charge in [0.15, 0.2) is 0 Å². The summed E-state index contributed by atoms with van der Waals surface area (Å²) in [6.07, 6.45) is 8.52. The lowest BCUT2D eigenvalue weighted by Gasteiger charge is -2.30. The van der Waals surface area contributed by atoms with E-state index in [1.165, 1.54) is 32.1 Å². The van der Waals surface area contributed by atoms with Gasteiger partial charge in [-0.2, -0.15) is 0 Å². The molecule has 0 aliphatic carbocycles. The number of hydrogen-bond acceptors (Lipinski definition) is 3. The Hall–Kier alpha value is -0.640. The maximum Gasteiger partial charge on any atom is 0.133 e. The lowest BCUT2D eigenvalue weighted by Crippen LogP contribution is -2.35. The third-order valence-electron chi connectivity index (χ3n) is 3.84. The fraction of sp³-hybridized carbons (Fsp3) is 0.733. The van der Waals surface area contributed by atoms with Crippen molar-refractivity contribution >= 4 is 21.7 Å². The summed E-state index contributed by atoms with van der Waals surface area (Å²) in [5.41, 5.74) is 0. The monoisotopic (exact) mass is 325 g/mol. The Morgan fingerprint density at radius 3 is 2.84 bits per heavy atom. The fourth-order valence-corrected chi connectivity index (χ4v) is 3.25. The van der Waals surface area contributed by atoms with Crippen LogP contribution in [0.15, 0.2) is 10.7 Å². The number of nitrogens with zero attached hydrogens (tertiary/aromatic N) is 3. The number of aryl methyl sites for hydroxylation is 1. The normalized spacial score (nSPS) is 20.4. The third kappa shape index (κ3) is 3.91. The second-order valence-electron chi connectivity index (χ2n) is 5.32. The molecule has 0 aromatic carbocycles. The van der Waals surface area contributed by atoms with Crippen molar-refractivity contribution in [1.29, 1.82) is 0 Å². The van der Waals surface area contributed by atoms with Crippen molar-refractivity contribution in [3.63, 3.8) is 0 Å². The first kappa shape index (κ1) is 14.8. The van der Waals surface area contributed by atoms with Crippen LogP contribution in [0, 0.1) is 0 Å². The highest BCUT2D eigenvalue weighted by atomic mass is 79.9. The highest BCUT2D eigenvalue weighted by molar-refractivity contribution is 9.10. The maximum absolute atomic E-state index is 4.77. The number of aromatic nitrogens is 2. The molecule has 106 valence electrons. The molecule has 0 amide bonds. The van der Waals surface area contributed by atoms with Crippen molar-refractivity contribution < 1.29 is 0 Å². The van der Waals surface area contributed by atoms with Crippen molar-refractivity contribution in [2.45, 2.75) is 64.8 Å². The molecule has 19 heavy (non-hydrogen) atoms. The zero-order valence-electron chi connectivity index (χ0n) is 12.0. The molecule has 0 radical (unpaired) electrons. The van der Waals surface area contributed by atoms with E-state index >= 15 is 0 Å². The topological polar surface area (TPSA) is 29.0 Å². The lowest BCUT2D eigenvalue weighted by molar-refractivity contribution is 0.550. The molecule has 0 saturated carbocycles. The molecule has 1 aromatic rings. The minimum Gasteiger partial charge on any atom is -0.354 e. The second kappa shape index (κ2) is 7.22. The van der Waals surface area contributed by atoms with Crippen LogP contribution < -0.4 is 4.90 Å². The van der Waals surface area contributed by atoms with Gasteiger partial charge in [-0.25, -0.2) is 9.97 Å². The van der Waals surface area contributed by atoms with Gasteiger partial charge in [-0.1, -0.05) is 26.7 Å². The van der Waals surface area contributed by atoms with E-state index in [9.17, 15) is 0 Å². The van der Waals surface area contributed by atoms with Gasteiger partial charge >= 0.3 is 0 Å². The molecule has 1 aliphatic heterocycles. The van der Waals surface area contributed by atoms with Crippen LogP contribution in [0.25, 0.3) is 0 Å². The first-order valence-corrected chi connectivity index (χ1v) is 8.34. The largest absolute Gasteiger partial charge is 0.354 e. The molecular weight excluding hydrogens is 302 g/mol. The Balaban J connectivity index is 2.26. The fourth-order valence-electron chi connectivity index (χ4n) is 2.84. The quantitative estimate of drug-likeness (QED) is 0.770. The van der Waals surface area contributed by atoms with E-state index in [0.29, 0.717) is 6.04 Å². The van der Waals surface area contributed by atoms with Gasteiger partial charge in [0.1, 0.15) is 16.2 Å². The average molecular weight is 326 g/mol. The molecule has 1 fully saturated rings. The Morgan fingerprint density at radius 1 is 1.26 bits per heavy atom. The molecule has 0 spiro atoms. The minimum absolute atomic E-state index is 0.638. The van der Waals surface area contributed by atoms with Crippen molar-refractivity contribution in [3.05, 3.63) is 16.5 Å². The molecule has 1 aliphatic rings. The van der Waals surface area contributed by atoms with Gasteiger partial charge in [0, 0.05) is 25.1 Å². The van der Waals surface area contributed by atoms with Crippen molar-refractivity contribution in [1.82, 2.24) is 9.97 Å². The van der Waals surface area contributed by atoms with Crippen LogP contribution in [0.2, 0.25) is 0 Å². The van der Waals surface area contributed by atoms with Crippen molar-refractivity contribution in [2.24, 2.45) is 0 Å². The zero-order valence-corrected chi connectivity index (χ0v) is 13.6. The molecular formula is C15H24BrN3. The number of halogens is 1. The van der Waals surface area contributed by atoms with Crippen LogP contribution in [-0.2, 0) is 6.42 Å². The van der Waals surface area contributed by atoms with Gasteiger partial charge in [-0.3, -0.25) is 0 Å². The van der Waals surface area contributed by atoms with Crippen LogP contribution in [0.1, 0.15) is 58.2 Å². The summed E-state index contributed by atoms with van der Waals surface area (Å²) in [7, 11) is 0. The first-order valence-electron chi connectivity index (χ1n) is 7.54. The molecule has 3 nitrogen and oxygen atoms in total. The first-order chi connectivity index (χ1) is 9.24. The van der Waals surface area contributed by atoms with E-state index in [-0.39, 0.29) is 0 Å². The highest BCUT2D eigenvalue weighted by Gasteiger charge is 2.21. The molecule has 2 heterocycles. The van der Waals surface area contributed by atoms with Gasteiger partial charge in [0.25, 0.3) is 0 Å². The summed E-state index contributed by atoms with van der Waals surface area (Å²) >= 11 is 3.53. The minimum atomic E-state index is 0.638. The lowest BCUT2D eigenvalue weighted by atomic mass is 10.1. The average Bonchev–Trinajstić information content (AvgIpc) is 2.63. The summed E-state index contributed by atoms with van der Waals surface area (Å²) in [5, 5.41) is 0. The van der Waals surface area contributed by atoms with Gasteiger partial charge in [0.2, 0.25) is 0 Å². The summed E-state index contributed by atoms with van der Waals surface area (Å²) in [6.45, 7) is 5.59. The molecule has 0 N–H and O–H groups in total. The van der Waals surface area contributed by atoms with Crippen molar-refractivity contribution in [3.8, 4) is 0 Å². The van der Waals surface area contributed by atoms with Crippen LogP contribution in [0.5, 0.6) is 0 Å². The Morgan fingerprint density at radius 2 is 2.11 bits per heavy atom. The highest BCUT2D eigenvalue weighted by Crippen LogP contribution is 2.26. The molecule has 4 heteroatoms. The van der Waals surface area contributed by atoms with E-state index < -0.39 is 0 Å². The summed E-state index contributed by atoms with van der Waals surface area (Å²) < 4.78 is 0.917. The SMILES string of the molecule is CCCc1nc(Br)cc(N2CCCCCC2CC)n1. The molecule has 2 rings (SSSR count). The predicted molar refractivity (Wildman–Crippen MR) is 83.6 cm³/mol. The number of rotatable bonds is 4.